The molecule has 2 rings (SSSR count). The largest absolute Gasteiger partial charge is 0.392 e. The molecule has 2 unspecified atom stereocenters. The summed E-state index contributed by atoms with van der Waals surface area (Å²) in [7, 11) is 0. The van der Waals surface area contributed by atoms with Crippen molar-refractivity contribution in [2.24, 2.45) is 0 Å². The van der Waals surface area contributed by atoms with E-state index in [0.29, 0.717) is 5.56 Å². The molecule has 0 saturated heterocycles. The van der Waals surface area contributed by atoms with Gasteiger partial charge >= 0.3 is 0 Å². The van der Waals surface area contributed by atoms with E-state index < -0.39 is 0 Å². The van der Waals surface area contributed by atoms with Crippen LogP contribution in [0.2, 0.25) is 0 Å². The van der Waals surface area contributed by atoms with Gasteiger partial charge in [0.2, 0.25) is 0 Å². The summed E-state index contributed by atoms with van der Waals surface area (Å²) >= 11 is 0. The van der Waals surface area contributed by atoms with Crippen molar-refractivity contribution in [2.45, 2.75) is 44.4 Å². The third kappa shape index (κ3) is 2.42. The van der Waals surface area contributed by atoms with Gasteiger partial charge in [0.25, 0.3) is 0 Å². The number of halogens is 1. The summed E-state index contributed by atoms with van der Waals surface area (Å²) in [4.78, 5) is 0. The van der Waals surface area contributed by atoms with Gasteiger partial charge in [-0.25, -0.2) is 4.39 Å². The minimum absolute atomic E-state index is 0.0565. The van der Waals surface area contributed by atoms with Crippen molar-refractivity contribution < 1.29 is 9.50 Å². The van der Waals surface area contributed by atoms with E-state index in [1.54, 1.807) is 12.1 Å². The minimum Gasteiger partial charge on any atom is -0.392 e. The Morgan fingerprint density at radius 1 is 1.38 bits per heavy atom. The van der Waals surface area contributed by atoms with Crippen molar-refractivity contribution in [1.29, 1.82) is 0 Å². The first-order chi connectivity index (χ1) is 7.68. The fourth-order valence-electron chi connectivity index (χ4n) is 2.37. The van der Waals surface area contributed by atoms with Gasteiger partial charge in [0.05, 0.1) is 6.10 Å². The number of hydrogen-bond acceptors (Lipinski definition) is 2. The molecule has 88 valence electrons. The van der Waals surface area contributed by atoms with Crippen molar-refractivity contribution in [3.05, 3.63) is 35.6 Å². The molecule has 1 aliphatic carbocycles. The zero-order chi connectivity index (χ0) is 11.5. The van der Waals surface area contributed by atoms with E-state index in [-0.39, 0.29) is 24.0 Å². The van der Waals surface area contributed by atoms with Gasteiger partial charge in [-0.05, 0) is 32.3 Å². The lowest BCUT2D eigenvalue weighted by atomic mass is 10.1. The Balaban J connectivity index is 2.03. The van der Waals surface area contributed by atoms with Gasteiger partial charge in [-0.3, -0.25) is 0 Å². The Morgan fingerprint density at radius 3 is 2.75 bits per heavy atom. The van der Waals surface area contributed by atoms with Crippen molar-refractivity contribution in [1.82, 2.24) is 5.32 Å². The van der Waals surface area contributed by atoms with E-state index in [1.165, 1.54) is 6.07 Å². The lowest BCUT2D eigenvalue weighted by molar-refractivity contribution is 0.143. The van der Waals surface area contributed by atoms with E-state index in [2.05, 4.69) is 5.32 Å². The molecule has 3 atom stereocenters. The third-order valence-corrected chi connectivity index (χ3v) is 3.32. The lowest BCUT2D eigenvalue weighted by Gasteiger charge is -2.22. The Hall–Kier alpha value is -0.930. The summed E-state index contributed by atoms with van der Waals surface area (Å²) in [6.07, 6.45) is 2.58. The molecule has 3 heteroatoms. The first-order valence-corrected chi connectivity index (χ1v) is 5.87. The van der Waals surface area contributed by atoms with Gasteiger partial charge in [0.1, 0.15) is 5.82 Å². The van der Waals surface area contributed by atoms with Crippen LogP contribution in [-0.4, -0.2) is 17.3 Å². The molecule has 0 aliphatic heterocycles. The minimum atomic E-state index is -0.283. The summed E-state index contributed by atoms with van der Waals surface area (Å²) in [6.45, 7) is 1.93. The van der Waals surface area contributed by atoms with Crippen LogP contribution in [0.1, 0.15) is 37.8 Å². The van der Waals surface area contributed by atoms with Crippen LogP contribution in [0.15, 0.2) is 24.3 Å². The number of benzene rings is 1. The molecule has 0 aromatic heterocycles. The van der Waals surface area contributed by atoms with Gasteiger partial charge in [0, 0.05) is 17.6 Å². The highest BCUT2D eigenvalue weighted by atomic mass is 19.1. The molecule has 0 amide bonds. The predicted molar refractivity (Wildman–Crippen MR) is 61.6 cm³/mol. The lowest BCUT2D eigenvalue weighted by Crippen LogP contribution is -2.37. The maximum absolute atomic E-state index is 13.5. The van der Waals surface area contributed by atoms with Crippen LogP contribution in [-0.2, 0) is 0 Å². The Morgan fingerprint density at radius 2 is 2.12 bits per heavy atom. The zero-order valence-electron chi connectivity index (χ0n) is 9.49. The van der Waals surface area contributed by atoms with Gasteiger partial charge < -0.3 is 10.4 Å². The zero-order valence-corrected chi connectivity index (χ0v) is 9.49. The second-order valence-electron chi connectivity index (χ2n) is 4.51. The molecule has 1 aliphatic rings. The Labute approximate surface area is 95.5 Å². The standard InChI is InChI=1S/C13H18FNO/c1-9(10-5-2-3-6-11(10)14)15-12-7-4-8-13(12)16/h2-3,5-6,9,12-13,15-16H,4,7-8H2,1H3/t9-,12?,13?/m1/s1. The monoisotopic (exact) mass is 223 g/mol. The SMILES string of the molecule is C[C@@H](NC1CCCC1O)c1ccccc1F. The van der Waals surface area contributed by atoms with Crippen LogP contribution in [0.5, 0.6) is 0 Å². The average Bonchev–Trinajstić information content (AvgIpc) is 2.65. The highest BCUT2D eigenvalue weighted by molar-refractivity contribution is 5.20. The van der Waals surface area contributed by atoms with Gasteiger partial charge in [-0.2, -0.15) is 0 Å². The molecular formula is C13H18FNO. The third-order valence-electron chi connectivity index (χ3n) is 3.32. The number of aliphatic hydroxyl groups is 1. The molecule has 16 heavy (non-hydrogen) atoms. The van der Waals surface area contributed by atoms with Crippen LogP contribution in [0.25, 0.3) is 0 Å². The maximum atomic E-state index is 13.5. The molecule has 1 aromatic carbocycles. The molecule has 2 N–H and O–H groups in total. The van der Waals surface area contributed by atoms with E-state index >= 15 is 0 Å². The summed E-state index contributed by atoms with van der Waals surface area (Å²) in [5.41, 5.74) is 0.668. The maximum Gasteiger partial charge on any atom is 0.127 e. The summed E-state index contributed by atoms with van der Waals surface area (Å²) in [5, 5.41) is 13.0. The number of hydrogen-bond donors (Lipinski definition) is 2. The first kappa shape index (κ1) is 11.6. The summed E-state index contributed by atoms with van der Waals surface area (Å²) < 4.78 is 13.5. The van der Waals surface area contributed by atoms with Crippen LogP contribution in [0.3, 0.4) is 0 Å². The molecule has 0 heterocycles. The fourth-order valence-corrected chi connectivity index (χ4v) is 2.37. The molecule has 0 bridgehead atoms. The van der Waals surface area contributed by atoms with Crippen LogP contribution in [0, 0.1) is 5.82 Å². The Bertz CT molecular complexity index is 356. The average molecular weight is 223 g/mol. The smallest absolute Gasteiger partial charge is 0.127 e. The van der Waals surface area contributed by atoms with E-state index in [0.717, 1.165) is 19.3 Å². The highest BCUT2D eigenvalue weighted by Gasteiger charge is 2.26. The molecule has 1 fully saturated rings. The molecule has 1 saturated carbocycles. The fraction of sp³-hybridized carbons (Fsp3) is 0.538. The molecule has 1 aromatic rings. The number of nitrogens with one attached hydrogen (secondary N) is 1. The second-order valence-corrected chi connectivity index (χ2v) is 4.51. The van der Waals surface area contributed by atoms with Crippen molar-refractivity contribution in [3.8, 4) is 0 Å². The molecule has 0 spiro atoms. The molecule has 0 radical (unpaired) electrons. The van der Waals surface area contributed by atoms with Crippen molar-refractivity contribution in [2.75, 3.05) is 0 Å². The van der Waals surface area contributed by atoms with Crippen LogP contribution < -0.4 is 5.32 Å². The van der Waals surface area contributed by atoms with E-state index in [4.69, 9.17) is 0 Å². The summed E-state index contributed by atoms with van der Waals surface area (Å²) in [5.74, 6) is -0.185. The Kier molecular flexibility index (Phi) is 3.56. The summed E-state index contributed by atoms with van der Waals surface area (Å²) in [6, 6.07) is 6.83. The second kappa shape index (κ2) is 4.93. The van der Waals surface area contributed by atoms with Crippen molar-refractivity contribution >= 4 is 0 Å². The van der Waals surface area contributed by atoms with E-state index in [1.807, 2.05) is 13.0 Å². The molecular weight excluding hydrogens is 205 g/mol. The number of aliphatic hydroxyl groups excluding tert-OH is 1. The van der Waals surface area contributed by atoms with E-state index in [9.17, 15) is 9.50 Å². The normalized spacial score (nSPS) is 26.9. The van der Waals surface area contributed by atoms with Crippen molar-refractivity contribution in [3.63, 3.8) is 0 Å². The van der Waals surface area contributed by atoms with Crippen LogP contribution >= 0.6 is 0 Å². The van der Waals surface area contributed by atoms with Crippen LogP contribution in [0.4, 0.5) is 4.39 Å². The topological polar surface area (TPSA) is 32.3 Å². The van der Waals surface area contributed by atoms with Gasteiger partial charge in [-0.1, -0.05) is 18.2 Å². The predicted octanol–water partition coefficient (Wildman–Crippen LogP) is 2.39. The number of rotatable bonds is 3. The first-order valence-electron chi connectivity index (χ1n) is 5.87. The molecule has 2 nitrogen and oxygen atoms in total. The van der Waals surface area contributed by atoms with Gasteiger partial charge in [-0.15, -0.1) is 0 Å². The van der Waals surface area contributed by atoms with Gasteiger partial charge in [0.15, 0.2) is 0 Å². The quantitative estimate of drug-likeness (QED) is 0.824. The highest BCUT2D eigenvalue weighted by Crippen LogP contribution is 2.23.